The first kappa shape index (κ1) is 11.4. The van der Waals surface area contributed by atoms with Crippen LogP contribution in [0.2, 0.25) is 0 Å². The van der Waals surface area contributed by atoms with Gasteiger partial charge in [-0.1, -0.05) is 32.6 Å². The summed E-state index contributed by atoms with van der Waals surface area (Å²) in [5.41, 5.74) is 0.355. The zero-order chi connectivity index (χ0) is 10.7. The maximum absolute atomic E-state index is 9.82. The Kier molecular flexibility index (Phi) is 3.71. The van der Waals surface area contributed by atoms with Crippen molar-refractivity contribution in [2.24, 2.45) is 17.3 Å². The highest BCUT2D eigenvalue weighted by Gasteiger charge is 2.49. The second-order valence-corrected chi connectivity index (χ2v) is 5.75. The quantitative estimate of drug-likeness (QED) is 0.749. The van der Waals surface area contributed by atoms with Gasteiger partial charge in [0.1, 0.15) is 0 Å². The monoisotopic (exact) mass is 210 g/mol. The van der Waals surface area contributed by atoms with Crippen LogP contribution in [0.3, 0.4) is 0 Å². The average molecular weight is 210 g/mol. The molecule has 0 heterocycles. The highest BCUT2D eigenvalue weighted by molar-refractivity contribution is 4.99. The highest BCUT2D eigenvalue weighted by Crippen LogP contribution is 2.56. The summed E-state index contributed by atoms with van der Waals surface area (Å²) in [6.45, 7) is 2.74. The van der Waals surface area contributed by atoms with E-state index in [0.29, 0.717) is 12.0 Å². The molecule has 0 aliphatic heterocycles. The molecule has 3 atom stereocenters. The molecule has 3 unspecified atom stereocenters. The highest BCUT2D eigenvalue weighted by atomic mass is 16.3. The molecule has 0 spiro atoms. The molecule has 15 heavy (non-hydrogen) atoms. The van der Waals surface area contributed by atoms with Gasteiger partial charge in [0, 0.05) is 6.61 Å². The third-order valence-electron chi connectivity index (χ3n) is 5.14. The molecule has 0 radical (unpaired) electrons. The number of hydrogen-bond donors (Lipinski definition) is 1. The summed E-state index contributed by atoms with van der Waals surface area (Å²) < 4.78 is 0. The topological polar surface area (TPSA) is 20.2 Å². The Bertz CT molecular complexity index is 202. The van der Waals surface area contributed by atoms with E-state index in [1.54, 1.807) is 0 Å². The van der Waals surface area contributed by atoms with Crippen molar-refractivity contribution in [2.75, 3.05) is 6.61 Å². The van der Waals surface area contributed by atoms with Crippen molar-refractivity contribution in [1.82, 2.24) is 0 Å². The first-order valence-corrected chi connectivity index (χ1v) is 6.94. The lowest BCUT2D eigenvalue weighted by Gasteiger charge is -2.42. The molecule has 2 rings (SSSR count). The molecule has 0 aromatic rings. The summed E-state index contributed by atoms with van der Waals surface area (Å²) in [5, 5.41) is 9.82. The summed E-state index contributed by atoms with van der Waals surface area (Å²) in [6.07, 6.45) is 12.3. The molecule has 2 fully saturated rings. The number of aliphatic hydroxyl groups excluding tert-OH is 1. The van der Waals surface area contributed by atoms with Gasteiger partial charge in [0.25, 0.3) is 0 Å². The summed E-state index contributed by atoms with van der Waals surface area (Å²) in [5.74, 6) is 1.70. The number of rotatable bonds is 4. The van der Waals surface area contributed by atoms with Gasteiger partial charge >= 0.3 is 0 Å². The van der Waals surface area contributed by atoms with Crippen LogP contribution in [-0.2, 0) is 0 Å². The Morgan fingerprint density at radius 3 is 2.80 bits per heavy atom. The van der Waals surface area contributed by atoms with Gasteiger partial charge in [0.05, 0.1) is 0 Å². The minimum absolute atomic E-state index is 0.355. The van der Waals surface area contributed by atoms with Crippen LogP contribution in [-0.4, -0.2) is 11.7 Å². The lowest BCUT2D eigenvalue weighted by atomic mass is 9.63. The van der Waals surface area contributed by atoms with Crippen molar-refractivity contribution in [2.45, 2.75) is 64.7 Å². The Morgan fingerprint density at radius 2 is 2.07 bits per heavy atom. The molecule has 0 aromatic heterocycles. The van der Waals surface area contributed by atoms with Crippen LogP contribution < -0.4 is 0 Å². The Labute approximate surface area is 94.3 Å². The minimum Gasteiger partial charge on any atom is -0.396 e. The van der Waals surface area contributed by atoms with Crippen LogP contribution >= 0.6 is 0 Å². The van der Waals surface area contributed by atoms with Crippen LogP contribution in [0.4, 0.5) is 0 Å². The first-order chi connectivity index (χ1) is 7.33. The number of fused-ring (bicyclic) bond motifs is 1. The fourth-order valence-electron chi connectivity index (χ4n) is 4.22. The van der Waals surface area contributed by atoms with E-state index in [0.717, 1.165) is 11.8 Å². The van der Waals surface area contributed by atoms with E-state index in [9.17, 15) is 5.11 Å². The molecular formula is C14H26O. The van der Waals surface area contributed by atoms with Crippen molar-refractivity contribution in [3.63, 3.8) is 0 Å². The predicted molar refractivity (Wildman–Crippen MR) is 63.7 cm³/mol. The van der Waals surface area contributed by atoms with E-state index in [1.807, 2.05) is 0 Å². The number of aliphatic hydroxyl groups is 1. The molecule has 0 aromatic carbocycles. The fourth-order valence-corrected chi connectivity index (χ4v) is 4.22. The van der Waals surface area contributed by atoms with E-state index < -0.39 is 0 Å². The van der Waals surface area contributed by atoms with Gasteiger partial charge in [0.15, 0.2) is 0 Å². The third kappa shape index (κ3) is 1.95. The van der Waals surface area contributed by atoms with Crippen molar-refractivity contribution >= 4 is 0 Å². The largest absolute Gasteiger partial charge is 0.396 e. The maximum atomic E-state index is 9.82. The summed E-state index contributed by atoms with van der Waals surface area (Å²) >= 11 is 0. The molecule has 1 N–H and O–H groups in total. The van der Waals surface area contributed by atoms with E-state index in [-0.39, 0.29) is 0 Å². The van der Waals surface area contributed by atoms with Crippen molar-refractivity contribution in [3.05, 3.63) is 0 Å². The van der Waals surface area contributed by atoms with Crippen LogP contribution in [0.5, 0.6) is 0 Å². The zero-order valence-corrected chi connectivity index (χ0v) is 10.2. The summed E-state index contributed by atoms with van der Waals surface area (Å²) in [7, 11) is 0. The van der Waals surface area contributed by atoms with E-state index in [4.69, 9.17) is 0 Å². The average Bonchev–Trinajstić information content (AvgIpc) is 2.65. The lowest BCUT2D eigenvalue weighted by Crippen LogP contribution is -2.38. The molecule has 2 saturated carbocycles. The smallest absolute Gasteiger partial charge is 0.0492 e. The van der Waals surface area contributed by atoms with Gasteiger partial charge in [0.2, 0.25) is 0 Å². The van der Waals surface area contributed by atoms with Gasteiger partial charge in [-0.3, -0.25) is 0 Å². The second-order valence-electron chi connectivity index (χ2n) is 5.75. The molecule has 0 saturated heterocycles. The van der Waals surface area contributed by atoms with E-state index in [1.165, 1.54) is 57.8 Å². The van der Waals surface area contributed by atoms with Crippen molar-refractivity contribution in [3.8, 4) is 0 Å². The molecule has 1 nitrogen and oxygen atoms in total. The van der Waals surface area contributed by atoms with Crippen LogP contribution in [0, 0.1) is 17.3 Å². The maximum Gasteiger partial charge on any atom is 0.0492 e. The van der Waals surface area contributed by atoms with Crippen LogP contribution in [0.25, 0.3) is 0 Å². The SMILES string of the molecule is CCCCC1CCC2CCCCC12CO. The standard InChI is InChI=1S/C14H26O/c1-2-3-6-12-8-9-13-7-4-5-10-14(12,13)11-15/h12-13,15H,2-11H2,1H3. The molecule has 0 amide bonds. The third-order valence-corrected chi connectivity index (χ3v) is 5.14. The Morgan fingerprint density at radius 1 is 1.20 bits per heavy atom. The molecule has 0 bridgehead atoms. The first-order valence-electron chi connectivity index (χ1n) is 6.94. The predicted octanol–water partition coefficient (Wildman–Crippen LogP) is 3.76. The van der Waals surface area contributed by atoms with E-state index >= 15 is 0 Å². The minimum atomic E-state index is 0.355. The van der Waals surface area contributed by atoms with Gasteiger partial charge in [-0.15, -0.1) is 0 Å². The Balaban J connectivity index is 2.04. The van der Waals surface area contributed by atoms with Gasteiger partial charge in [-0.05, 0) is 49.4 Å². The number of hydrogen-bond acceptors (Lipinski definition) is 1. The molecule has 88 valence electrons. The molecular weight excluding hydrogens is 184 g/mol. The lowest BCUT2D eigenvalue weighted by molar-refractivity contribution is 0.00555. The zero-order valence-electron chi connectivity index (χ0n) is 10.2. The summed E-state index contributed by atoms with van der Waals surface area (Å²) in [4.78, 5) is 0. The summed E-state index contributed by atoms with van der Waals surface area (Å²) in [6, 6.07) is 0. The molecule has 1 heteroatoms. The van der Waals surface area contributed by atoms with E-state index in [2.05, 4.69) is 6.92 Å². The molecule has 2 aliphatic rings. The normalized spacial score (nSPS) is 40.4. The fraction of sp³-hybridized carbons (Fsp3) is 1.00. The number of unbranched alkanes of at least 4 members (excludes halogenated alkanes) is 1. The van der Waals surface area contributed by atoms with Crippen molar-refractivity contribution < 1.29 is 5.11 Å². The van der Waals surface area contributed by atoms with Gasteiger partial charge in [-0.25, -0.2) is 0 Å². The van der Waals surface area contributed by atoms with Gasteiger partial charge in [-0.2, -0.15) is 0 Å². The van der Waals surface area contributed by atoms with Crippen LogP contribution in [0.1, 0.15) is 64.7 Å². The Hall–Kier alpha value is -0.0400. The van der Waals surface area contributed by atoms with Crippen molar-refractivity contribution in [1.29, 1.82) is 0 Å². The van der Waals surface area contributed by atoms with Crippen LogP contribution in [0.15, 0.2) is 0 Å². The second kappa shape index (κ2) is 4.86. The van der Waals surface area contributed by atoms with Gasteiger partial charge < -0.3 is 5.11 Å². The molecule has 2 aliphatic carbocycles.